The van der Waals surface area contributed by atoms with Gasteiger partial charge in [-0.2, -0.15) is 9.97 Å². The van der Waals surface area contributed by atoms with Crippen LogP contribution in [0.1, 0.15) is 53.5 Å². The first-order valence-corrected chi connectivity index (χ1v) is 31.2. The minimum absolute atomic E-state index is 0.00886. The lowest BCUT2D eigenvalue weighted by molar-refractivity contribution is 0.952. The fourth-order valence-electron chi connectivity index (χ4n) is 12.9. The zero-order valence-corrected chi connectivity index (χ0v) is 49.5. The van der Waals surface area contributed by atoms with Crippen LogP contribution in [0.5, 0.6) is 0 Å². The monoisotopic (exact) mass is 1270 g/mol. The molecule has 0 spiro atoms. The second-order valence-electron chi connectivity index (χ2n) is 21.7. The van der Waals surface area contributed by atoms with Crippen LogP contribution in [0, 0.1) is 0 Å². The molecule has 0 radical (unpaired) electrons. The molecule has 0 amide bonds. The molecule has 5 aromatic heterocycles. The minimum Gasteiger partial charge on any atom is -0.309 e. The third kappa shape index (κ3) is 8.41. The third-order valence-corrected chi connectivity index (χ3v) is 21.2. The van der Waals surface area contributed by atoms with Gasteiger partial charge in [-0.3, -0.25) is 4.57 Å². The van der Waals surface area contributed by atoms with E-state index < -0.39 is 365 Å². The summed E-state index contributed by atoms with van der Waals surface area (Å²) in [6.45, 7) is 0. The molecule has 19 aromatic rings. The van der Waals surface area contributed by atoms with Crippen LogP contribution in [0.4, 0.5) is 0 Å². The Morgan fingerprint density at radius 1 is 0.284 bits per heavy atom. The topological polar surface area (TPSA) is 58.4 Å². The van der Waals surface area contributed by atoms with Crippen molar-refractivity contribution in [1.82, 2.24) is 33.2 Å². The van der Waals surface area contributed by atoms with Gasteiger partial charge in [-0.1, -0.05) is 266 Å². The predicted octanol–water partition coefficient (Wildman–Crippen LogP) is 18.6. The molecule has 0 N–H and O–H groups in total. The summed E-state index contributed by atoms with van der Waals surface area (Å²) in [6.07, 6.45) is 0. The van der Waals surface area contributed by atoms with Crippen LogP contribution in [0.3, 0.4) is 0 Å². The molecule has 7 nitrogen and oxygen atoms in total. The largest absolute Gasteiger partial charge is 0.309 e. The standard InChI is InChI=1S/C87H57N7Si/c1-4-27-58(28-5-1)59-29-24-36-64(55-59)95(63-34-8-3-9-35-63,66-38-26-33-62(57-66)91-75-46-17-10-39-67(75)68-40-11-18-47-76(68)91)65-37-25-30-60(56-65)85-88-86(74-45-16-23-52-81(74)93-78-49-20-12-41-69(78)70-42-13-21-50-79(70)93)90-87(89-85)94-80-51-22-15-44-73(80)83-82(94)54-53-72-71-43-14-19-48-77(71)92(84(72)83)61-31-6-2-7-32-61/h1-57H/i2D,6D,7D,10D,11D,12D,13D,15D,16D,17D,18D,20D,21D,22D,23D,25D,26D,30D,31D,32D,33D,37D,38D,39D,40D,41D,42D,44D,45D,46D,47D,49D,50D,51D,52D,53D,54D,56D,57D. The van der Waals surface area contributed by atoms with E-state index in [4.69, 9.17) is 30.0 Å². The quantitative estimate of drug-likeness (QED) is 0.0958. The Balaban J connectivity index is 1.06. The van der Waals surface area contributed by atoms with Crippen molar-refractivity contribution in [3.05, 3.63) is 345 Å². The van der Waals surface area contributed by atoms with Crippen LogP contribution < -0.4 is 20.7 Å². The molecule has 0 aliphatic rings. The first-order chi connectivity index (χ1) is 63.4. The van der Waals surface area contributed by atoms with Crippen LogP contribution >= 0.6 is 0 Å². The Morgan fingerprint density at radius 2 is 0.821 bits per heavy atom. The molecule has 8 heteroatoms. The Hall–Kier alpha value is -12.5. The maximum Gasteiger partial charge on any atom is 0.238 e. The minimum atomic E-state index is -5.77. The summed E-state index contributed by atoms with van der Waals surface area (Å²) in [4.78, 5) is 14.9. The Kier molecular flexibility index (Phi) is 6.48. The van der Waals surface area contributed by atoms with Crippen LogP contribution in [0.25, 0.3) is 144 Å². The molecule has 0 aliphatic heterocycles. The molecule has 0 saturated heterocycles. The van der Waals surface area contributed by atoms with E-state index in [9.17, 15) is 38.4 Å². The zero-order valence-electron chi connectivity index (χ0n) is 87.5. The molecule has 1 unspecified atom stereocenters. The van der Waals surface area contributed by atoms with Crippen LogP contribution in [0.15, 0.2) is 345 Å². The van der Waals surface area contributed by atoms with Gasteiger partial charge in [0, 0.05) is 65.6 Å². The molecular weight excluding hydrogens is 1170 g/mol. The molecule has 95 heavy (non-hydrogen) atoms. The number of para-hydroxylation sites is 8. The van der Waals surface area contributed by atoms with Crippen LogP contribution in [-0.2, 0) is 0 Å². The first kappa shape index (κ1) is 28.2. The molecule has 5 heterocycles. The van der Waals surface area contributed by atoms with Gasteiger partial charge < -0.3 is 13.7 Å². The van der Waals surface area contributed by atoms with Gasteiger partial charge in [-0.25, -0.2) is 4.98 Å². The normalized spacial score (nSPS) is 18.3. The summed E-state index contributed by atoms with van der Waals surface area (Å²) in [6, 6.07) is -10.6. The maximum absolute atomic E-state index is 11.5. The van der Waals surface area contributed by atoms with E-state index in [0.717, 1.165) is 13.7 Å². The smallest absolute Gasteiger partial charge is 0.238 e. The van der Waals surface area contributed by atoms with E-state index in [0.29, 0.717) is 15.7 Å². The second-order valence-corrected chi connectivity index (χ2v) is 25.3. The van der Waals surface area contributed by atoms with E-state index in [-0.39, 0.29) is 32.2 Å². The highest BCUT2D eigenvalue weighted by Gasteiger charge is 2.42. The molecule has 0 bridgehead atoms. The van der Waals surface area contributed by atoms with Crippen LogP contribution in [-0.4, -0.2) is 41.3 Å². The predicted molar refractivity (Wildman–Crippen MR) is 397 cm³/mol. The van der Waals surface area contributed by atoms with E-state index in [1.165, 1.54) is 66.7 Å². The number of nitrogens with zero attached hydrogens (tertiary/aromatic N) is 7. The fraction of sp³-hybridized carbons (Fsp3) is 0. The van der Waals surface area contributed by atoms with E-state index >= 15 is 0 Å². The molecule has 1 atom stereocenters. The van der Waals surface area contributed by atoms with Gasteiger partial charge in [-0.05, 0) is 110 Å². The molecule has 444 valence electrons. The van der Waals surface area contributed by atoms with Gasteiger partial charge in [0.05, 0.1) is 103 Å². The highest BCUT2D eigenvalue weighted by Crippen LogP contribution is 2.43. The van der Waals surface area contributed by atoms with Crippen molar-refractivity contribution in [2.24, 2.45) is 0 Å². The molecule has 0 aliphatic carbocycles. The summed E-state index contributed by atoms with van der Waals surface area (Å²) in [7, 11) is -5.77. The molecular formula is C87H57N7Si. The number of fused-ring (bicyclic) bond motifs is 13. The average Bonchev–Trinajstić information content (AvgIpc) is 1.47. The van der Waals surface area contributed by atoms with E-state index in [2.05, 4.69) is 0 Å². The first-order valence-electron chi connectivity index (χ1n) is 48.7. The average molecular weight is 1270 g/mol. The second kappa shape index (κ2) is 21.8. The molecule has 19 rings (SSSR count). The van der Waals surface area contributed by atoms with E-state index in [1.54, 1.807) is 42.5 Å². The lowest BCUT2D eigenvalue weighted by Crippen LogP contribution is -2.74. The summed E-state index contributed by atoms with van der Waals surface area (Å²) in [5.41, 5.74) is -8.47. The zero-order chi connectivity index (χ0) is 96.5. The van der Waals surface area contributed by atoms with Gasteiger partial charge in [0.1, 0.15) is 0 Å². The van der Waals surface area contributed by atoms with Gasteiger partial charge in [0.25, 0.3) is 0 Å². The van der Waals surface area contributed by atoms with Crippen molar-refractivity contribution >= 4 is 116 Å². The number of aromatic nitrogens is 7. The van der Waals surface area contributed by atoms with Crippen molar-refractivity contribution in [2.45, 2.75) is 0 Å². The van der Waals surface area contributed by atoms with Gasteiger partial charge in [-0.15, -0.1) is 0 Å². The summed E-state index contributed by atoms with van der Waals surface area (Å²) in [5.74, 6) is -3.42. The van der Waals surface area contributed by atoms with Crippen molar-refractivity contribution in [3.63, 3.8) is 0 Å². The van der Waals surface area contributed by atoms with Crippen molar-refractivity contribution in [2.75, 3.05) is 0 Å². The molecule has 0 saturated carbocycles. The molecule has 14 aromatic carbocycles. The summed E-state index contributed by atoms with van der Waals surface area (Å²) < 4.78 is 382. The Bertz CT molecular complexity index is 8510. The molecule has 0 fully saturated rings. The van der Waals surface area contributed by atoms with Crippen LogP contribution in [0.2, 0.25) is 0 Å². The lowest BCUT2D eigenvalue weighted by atomic mass is 10.1. The van der Waals surface area contributed by atoms with Gasteiger partial charge >= 0.3 is 0 Å². The Morgan fingerprint density at radius 3 is 1.53 bits per heavy atom. The SMILES string of the molecule is [2H]c1c([2H])c([2H])c(-n2c3ccccc3c3c([2H])c([2H])c4c(c5c([2H])c([2H])c([2H])c([2H])c5n4-c4nc(-c5c([2H])c([2H])c([2H])c([Si](c6ccccc6)(c6cccc(-c7ccccc7)c6)c6c([2H])c([2H])c([2H])c(-n7c8c([2H])c([2H])c([2H])c([2H])c8c8c([2H])c([2H])c([2H])c([2H])c87)c6[2H])c5[2H])nc(-c5c([2H])c([2H])c([2H])c([2H])c5-n5c6c([2H])c([2H])c([2H])c([2H])c6c6c([2H])c([2H])c([2H])c([2H])c65)n4)c32)c([2H])c1[2H]. The summed E-state index contributed by atoms with van der Waals surface area (Å²) >= 11 is 0. The Labute approximate surface area is 603 Å². The van der Waals surface area contributed by atoms with Crippen molar-refractivity contribution < 1.29 is 53.5 Å². The number of hydrogen-bond donors (Lipinski definition) is 0. The fourth-order valence-corrected chi connectivity index (χ4v) is 17.1. The van der Waals surface area contributed by atoms with Crippen molar-refractivity contribution in [1.29, 1.82) is 0 Å². The van der Waals surface area contributed by atoms with Crippen molar-refractivity contribution in [3.8, 4) is 56.9 Å². The third-order valence-electron chi connectivity index (χ3n) is 16.8. The number of benzene rings is 14. The maximum atomic E-state index is 11.5. The highest BCUT2D eigenvalue weighted by molar-refractivity contribution is 7.20. The van der Waals surface area contributed by atoms with E-state index in [1.807, 2.05) is 0 Å². The van der Waals surface area contributed by atoms with Gasteiger partial charge in [0.2, 0.25) is 5.95 Å². The highest BCUT2D eigenvalue weighted by atomic mass is 28.3. The number of rotatable bonds is 11. The summed E-state index contributed by atoms with van der Waals surface area (Å²) in [5, 5.41) is -5.17. The number of hydrogen-bond acceptors (Lipinski definition) is 3. The lowest BCUT2D eigenvalue weighted by Gasteiger charge is -2.35. The van der Waals surface area contributed by atoms with Gasteiger partial charge in [0.15, 0.2) is 19.7 Å².